The molecule has 5 rings (SSSR count). The van der Waals surface area contributed by atoms with Crippen molar-refractivity contribution < 1.29 is 4.79 Å². The Kier molecular flexibility index (Phi) is 3.28. The van der Waals surface area contributed by atoms with Gasteiger partial charge in [-0.2, -0.15) is 10.2 Å². The van der Waals surface area contributed by atoms with Crippen LogP contribution in [0.3, 0.4) is 0 Å². The number of carbonyl (C=O) groups is 1. The van der Waals surface area contributed by atoms with Gasteiger partial charge in [0.05, 0.1) is 22.8 Å². The van der Waals surface area contributed by atoms with E-state index < -0.39 is 5.41 Å². The zero-order chi connectivity index (χ0) is 19.6. The lowest BCUT2D eigenvalue weighted by Gasteiger charge is -2.16. The molecule has 1 aliphatic rings. The number of aryl methyl sites for hydroxylation is 1. The van der Waals surface area contributed by atoms with Crippen LogP contribution in [0.25, 0.3) is 28.0 Å². The van der Waals surface area contributed by atoms with Crippen molar-refractivity contribution in [2.75, 3.05) is 11.9 Å². The minimum absolute atomic E-state index is 0.0997. The van der Waals surface area contributed by atoms with E-state index in [4.69, 9.17) is 0 Å². The van der Waals surface area contributed by atoms with Crippen molar-refractivity contribution in [3.63, 3.8) is 0 Å². The second-order valence-electron chi connectivity index (χ2n) is 7.76. The van der Waals surface area contributed by atoms with E-state index in [-0.39, 0.29) is 5.91 Å². The first-order valence-electron chi connectivity index (χ1n) is 9.16. The summed E-state index contributed by atoms with van der Waals surface area (Å²) in [5.41, 5.74) is 4.22. The van der Waals surface area contributed by atoms with E-state index >= 15 is 0 Å². The molecule has 0 radical (unpaired) electrons. The van der Waals surface area contributed by atoms with Crippen molar-refractivity contribution in [2.24, 2.45) is 0 Å². The van der Waals surface area contributed by atoms with Crippen LogP contribution < -0.4 is 4.90 Å². The van der Waals surface area contributed by atoms with E-state index in [1.165, 1.54) is 0 Å². The molecule has 0 unspecified atom stereocenters. The topological polar surface area (TPSA) is 79.7 Å². The SMILES string of the molecule is Cc1nc(-c2ccc3c(c2)C(C)(C)C(=O)N3C)n(-c2ccc3[nH]ncc3c2)n1. The maximum atomic E-state index is 12.6. The molecule has 1 N–H and O–H groups in total. The quantitative estimate of drug-likeness (QED) is 0.585. The number of fused-ring (bicyclic) bond motifs is 2. The van der Waals surface area contributed by atoms with Gasteiger partial charge in [-0.15, -0.1) is 0 Å². The largest absolute Gasteiger partial charge is 0.314 e. The number of rotatable bonds is 2. The molecule has 1 aliphatic heterocycles. The highest BCUT2D eigenvalue weighted by atomic mass is 16.2. The Morgan fingerprint density at radius 1 is 1.11 bits per heavy atom. The number of H-pyrrole nitrogens is 1. The van der Waals surface area contributed by atoms with Crippen molar-refractivity contribution in [1.29, 1.82) is 0 Å². The van der Waals surface area contributed by atoms with Gasteiger partial charge in [-0.05, 0) is 62.7 Å². The van der Waals surface area contributed by atoms with E-state index in [0.717, 1.165) is 39.2 Å². The molecule has 0 fully saturated rings. The van der Waals surface area contributed by atoms with Crippen LogP contribution in [0, 0.1) is 6.92 Å². The van der Waals surface area contributed by atoms with Crippen LogP contribution in [0.4, 0.5) is 5.69 Å². The Labute approximate surface area is 162 Å². The van der Waals surface area contributed by atoms with Crippen molar-refractivity contribution in [2.45, 2.75) is 26.2 Å². The van der Waals surface area contributed by atoms with Crippen LogP contribution in [-0.2, 0) is 10.2 Å². The molecule has 4 aromatic rings. The van der Waals surface area contributed by atoms with Crippen LogP contribution in [0.5, 0.6) is 0 Å². The first kappa shape index (κ1) is 16.7. The average molecular weight is 372 g/mol. The Balaban J connectivity index is 1.68. The highest BCUT2D eigenvalue weighted by Gasteiger charge is 2.42. The average Bonchev–Trinajstić information content (AvgIpc) is 3.35. The second-order valence-corrected chi connectivity index (χ2v) is 7.76. The minimum Gasteiger partial charge on any atom is -0.314 e. The molecule has 140 valence electrons. The molecule has 1 amide bonds. The van der Waals surface area contributed by atoms with Crippen LogP contribution in [0.15, 0.2) is 42.6 Å². The van der Waals surface area contributed by atoms with Crippen LogP contribution in [0.2, 0.25) is 0 Å². The highest BCUT2D eigenvalue weighted by molar-refractivity contribution is 6.07. The maximum absolute atomic E-state index is 12.6. The minimum atomic E-state index is -0.560. The zero-order valence-corrected chi connectivity index (χ0v) is 16.2. The number of aromatic amines is 1. The summed E-state index contributed by atoms with van der Waals surface area (Å²) in [4.78, 5) is 19.0. The summed E-state index contributed by atoms with van der Waals surface area (Å²) >= 11 is 0. The van der Waals surface area contributed by atoms with Gasteiger partial charge in [0.1, 0.15) is 5.82 Å². The van der Waals surface area contributed by atoms with E-state index in [0.29, 0.717) is 5.82 Å². The molecule has 28 heavy (non-hydrogen) atoms. The van der Waals surface area contributed by atoms with E-state index in [1.54, 1.807) is 11.1 Å². The third-order valence-corrected chi connectivity index (χ3v) is 5.51. The van der Waals surface area contributed by atoms with Crippen LogP contribution in [0.1, 0.15) is 25.2 Å². The molecule has 0 atom stereocenters. The van der Waals surface area contributed by atoms with Gasteiger partial charge in [-0.3, -0.25) is 9.89 Å². The predicted octanol–water partition coefficient (Wildman–Crippen LogP) is 3.37. The molecule has 7 heteroatoms. The van der Waals surface area contributed by atoms with Gasteiger partial charge in [0.15, 0.2) is 5.82 Å². The van der Waals surface area contributed by atoms with Crippen molar-refractivity contribution in [1.82, 2.24) is 25.0 Å². The summed E-state index contributed by atoms with van der Waals surface area (Å²) < 4.78 is 1.84. The Morgan fingerprint density at radius 3 is 2.75 bits per heavy atom. The molecule has 2 aromatic heterocycles. The van der Waals surface area contributed by atoms with E-state index in [9.17, 15) is 4.79 Å². The number of aromatic nitrogens is 5. The number of carbonyl (C=O) groups excluding carboxylic acids is 1. The zero-order valence-electron chi connectivity index (χ0n) is 16.2. The lowest BCUT2D eigenvalue weighted by molar-refractivity contribution is -0.121. The molecule has 0 bridgehead atoms. The van der Waals surface area contributed by atoms with Crippen LogP contribution >= 0.6 is 0 Å². The fraction of sp³-hybridized carbons (Fsp3) is 0.238. The number of nitrogens with one attached hydrogen (secondary N) is 1. The van der Waals surface area contributed by atoms with Crippen molar-refractivity contribution >= 4 is 22.5 Å². The van der Waals surface area contributed by atoms with Crippen molar-refractivity contribution in [3.05, 3.63) is 54.0 Å². The smallest absolute Gasteiger partial charge is 0.236 e. The van der Waals surface area contributed by atoms with Gasteiger partial charge in [0.25, 0.3) is 0 Å². The van der Waals surface area contributed by atoms with Gasteiger partial charge in [-0.25, -0.2) is 9.67 Å². The first-order chi connectivity index (χ1) is 13.4. The summed E-state index contributed by atoms with van der Waals surface area (Å²) in [6.45, 7) is 5.81. The van der Waals surface area contributed by atoms with E-state index in [1.807, 2.05) is 62.8 Å². The van der Waals surface area contributed by atoms with Gasteiger partial charge in [-0.1, -0.05) is 0 Å². The predicted molar refractivity (Wildman–Crippen MR) is 108 cm³/mol. The lowest BCUT2D eigenvalue weighted by atomic mass is 9.85. The van der Waals surface area contributed by atoms with Gasteiger partial charge < -0.3 is 4.90 Å². The van der Waals surface area contributed by atoms with Crippen LogP contribution in [-0.4, -0.2) is 37.9 Å². The fourth-order valence-corrected chi connectivity index (χ4v) is 3.96. The molecule has 2 aromatic carbocycles. The summed E-state index contributed by atoms with van der Waals surface area (Å²) in [5, 5.41) is 12.7. The normalized spacial score (nSPS) is 15.4. The van der Waals surface area contributed by atoms with Gasteiger partial charge in [0.2, 0.25) is 5.91 Å². The van der Waals surface area contributed by atoms with Crippen molar-refractivity contribution in [3.8, 4) is 17.1 Å². The summed E-state index contributed by atoms with van der Waals surface area (Å²) in [7, 11) is 1.82. The Bertz CT molecular complexity index is 1250. The molecule has 0 aliphatic carbocycles. The second kappa shape index (κ2) is 5.51. The molecule has 0 saturated carbocycles. The van der Waals surface area contributed by atoms with E-state index in [2.05, 4.69) is 26.3 Å². The number of amides is 1. The monoisotopic (exact) mass is 372 g/mol. The van der Waals surface area contributed by atoms with Gasteiger partial charge in [0, 0.05) is 23.7 Å². The fourth-order valence-electron chi connectivity index (χ4n) is 3.96. The summed E-state index contributed by atoms with van der Waals surface area (Å²) in [6, 6.07) is 12.1. The summed E-state index contributed by atoms with van der Waals surface area (Å²) in [6.07, 6.45) is 1.79. The van der Waals surface area contributed by atoms with Gasteiger partial charge >= 0.3 is 0 Å². The third kappa shape index (κ3) is 2.22. The maximum Gasteiger partial charge on any atom is 0.236 e. The molecule has 0 saturated heterocycles. The molecule has 0 spiro atoms. The first-order valence-corrected chi connectivity index (χ1v) is 9.16. The molecular formula is C21H20N6O. The molecule has 3 heterocycles. The number of hydrogen-bond donors (Lipinski definition) is 1. The highest BCUT2D eigenvalue weighted by Crippen LogP contribution is 2.42. The standard InChI is InChI=1S/C21H20N6O/c1-12-23-19(27(25-12)15-6-7-17-14(9-15)11-22-24-17)13-5-8-18-16(10-13)21(2,3)20(28)26(18)4/h5-11H,1-4H3,(H,22,24). The lowest BCUT2D eigenvalue weighted by Crippen LogP contribution is -2.33. The number of anilines is 1. The molecular weight excluding hydrogens is 352 g/mol. The Hall–Kier alpha value is -3.48. The Morgan fingerprint density at radius 2 is 1.93 bits per heavy atom. The summed E-state index contributed by atoms with van der Waals surface area (Å²) in [5.74, 6) is 1.54. The number of hydrogen-bond acceptors (Lipinski definition) is 4. The number of nitrogens with zero attached hydrogens (tertiary/aromatic N) is 5. The number of likely N-dealkylation sites (N-methyl/N-ethyl adjacent to an activating group) is 1. The number of benzene rings is 2. The third-order valence-electron chi connectivity index (χ3n) is 5.51. The molecule has 7 nitrogen and oxygen atoms in total.